The molecule has 118 valence electrons. The van der Waals surface area contributed by atoms with Crippen molar-refractivity contribution < 1.29 is 0 Å². The van der Waals surface area contributed by atoms with Gasteiger partial charge < -0.3 is 4.57 Å². The Morgan fingerprint density at radius 3 is 2.78 bits per heavy atom. The lowest BCUT2D eigenvalue weighted by Gasteiger charge is -2.33. The van der Waals surface area contributed by atoms with Gasteiger partial charge in [0.1, 0.15) is 0 Å². The zero-order valence-corrected chi connectivity index (χ0v) is 14.1. The van der Waals surface area contributed by atoms with Gasteiger partial charge in [0.2, 0.25) is 0 Å². The number of nitrogens with zero attached hydrogens (tertiary/aromatic N) is 2. The molecule has 2 aromatic carbocycles. The van der Waals surface area contributed by atoms with E-state index in [0.717, 1.165) is 24.5 Å². The minimum atomic E-state index is 0.567. The molecule has 0 amide bonds. The number of hydrogen-bond acceptors (Lipinski definition) is 1. The van der Waals surface area contributed by atoms with Crippen LogP contribution in [0.25, 0.3) is 10.9 Å². The van der Waals surface area contributed by atoms with Crippen molar-refractivity contribution in [3.63, 3.8) is 0 Å². The van der Waals surface area contributed by atoms with E-state index in [4.69, 9.17) is 11.6 Å². The topological polar surface area (TPSA) is 8.17 Å². The van der Waals surface area contributed by atoms with Crippen LogP contribution in [0.3, 0.4) is 0 Å². The molecular formula is C20H21ClN2. The van der Waals surface area contributed by atoms with Crippen LogP contribution in [0.15, 0.2) is 54.6 Å². The number of fused-ring (bicyclic) bond motifs is 3. The summed E-state index contributed by atoms with van der Waals surface area (Å²) in [5.74, 6) is 0. The first-order valence-electron chi connectivity index (χ1n) is 8.22. The summed E-state index contributed by atoms with van der Waals surface area (Å²) in [7, 11) is 2.24. The highest BCUT2D eigenvalue weighted by Gasteiger charge is 2.23. The molecule has 1 atom stereocenters. The number of aryl methyl sites for hydroxylation is 1. The Kier molecular flexibility index (Phi) is 3.88. The Morgan fingerprint density at radius 2 is 1.96 bits per heavy atom. The van der Waals surface area contributed by atoms with Crippen LogP contribution < -0.4 is 0 Å². The Hall–Kier alpha value is -1.77. The molecule has 2 heterocycles. The lowest BCUT2D eigenvalue weighted by atomic mass is 10.0. The SMILES string of the molecule is CN(Cc1ccccc1)[C@H]1CCc2cc3ccc(Cl)cc3n2C1. The van der Waals surface area contributed by atoms with E-state index < -0.39 is 0 Å². The summed E-state index contributed by atoms with van der Waals surface area (Å²) in [6.07, 6.45) is 2.35. The maximum Gasteiger partial charge on any atom is 0.0497 e. The Bertz CT molecular complexity index is 822. The average molecular weight is 325 g/mol. The zero-order valence-electron chi connectivity index (χ0n) is 13.4. The lowest BCUT2D eigenvalue weighted by molar-refractivity contribution is 0.188. The van der Waals surface area contributed by atoms with Crippen molar-refractivity contribution in [2.24, 2.45) is 0 Å². The highest BCUT2D eigenvalue weighted by Crippen LogP contribution is 2.29. The summed E-state index contributed by atoms with van der Waals surface area (Å²) in [5.41, 5.74) is 4.08. The maximum atomic E-state index is 6.20. The van der Waals surface area contributed by atoms with Gasteiger partial charge in [0.15, 0.2) is 0 Å². The summed E-state index contributed by atoms with van der Waals surface area (Å²) in [6, 6.07) is 19.8. The molecule has 0 radical (unpaired) electrons. The number of aromatic nitrogens is 1. The fourth-order valence-corrected chi connectivity index (χ4v) is 3.85. The third-order valence-corrected chi connectivity index (χ3v) is 5.21. The van der Waals surface area contributed by atoms with Gasteiger partial charge in [0, 0.05) is 35.4 Å². The highest BCUT2D eigenvalue weighted by molar-refractivity contribution is 6.31. The van der Waals surface area contributed by atoms with Gasteiger partial charge in [-0.1, -0.05) is 48.0 Å². The minimum Gasteiger partial charge on any atom is -0.343 e. The van der Waals surface area contributed by atoms with E-state index in [9.17, 15) is 0 Å². The molecule has 0 fully saturated rings. The number of benzene rings is 2. The van der Waals surface area contributed by atoms with Crippen molar-refractivity contribution in [2.45, 2.75) is 32.0 Å². The van der Waals surface area contributed by atoms with Crippen molar-refractivity contribution in [1.82, 2.24) is 9.47 Å². The predicted molar refractivity (Wildman–Crippen MR) is 97.0 cm³/mol. The van der Waals surface area contributed by atoms with Crippen LogP contribution in [0.5, 0.6) is 0 Å². The van der Waals surface area contributed by atoms with Crippen LogP contribution in [0, 0.1) is 0 Å². The third kappa shape index (κ3) is 2.89. The van der Waals surface area contributed by atoms with E-state index >= 15 is 0 Å². The van der Waals surface area contributed by atoms with E-state index in [1.165, 1.54) is 28.6 Å². The van der Waals surface area contributed by atoms with Crippen LogP contribution in [0.1, 0.15) is 17.7 Å². The first-order chi connectivity index (χ1) is 11.2. The molecule has 0 N–H and O–H groups in total. The van der Waals surface area contributed by atoms with Gasteiger partial charge in [0.25, 0.3) is 0 Å². The molecule has 0 bridgehead atoms. The fourth-order valence-electron chi connectivity index (χ4n) is 3.68. The quantitative estimate of drug-likeness (QED) is 0.675. The van der Waals surface area contributed by atoms with Crippen molar-refractivity contribution in [3.05, 3.63) is 70.9 Å². The van der Waals surface area contributed by atoms with Crippen LogP contribution >= 0.6 is 11.6 Å². The maximum absolute atomic E-state index is 6.20. The fraction of sp³-hybridized carbons (Fsp3) is 0.300. The second kappa shape index (κ2) is 6.03. The number of rotatable bonds is 3. The van der Waals surface area contributed by atoms with E-state index in [0.29, 0.717) is 6.04 Å². The molecule has 0 aliphatic carbocycles. The first kappa shape index (κ1) is 14.8. The van der Waals surface area contributed by atoms with Crippen molar-refractivity contribution >= 4 is 22.5 Å². The molecule has 3 aromatic rings. The summed E-state index contributed by atoms with van der Waals surface area (Å²) in [6.45, 7) is 2.04. The van der Waals surface area contributed by atoms with Crippen LogP contribution in [0.2, 0.25) is 5.02 Å². The van der Waals surface area contributed by atoms with Crippen LogP contribution in [-0.2, 0) is 19.5 Å². The van der Waals surface area contributed by atoms with E-state index in [2.05, 4.69) is 65.0 Å². The molecular weight excluding hydrogens is 304 g/mol. The Morgan fingerprint density at radius 1 is 1.13 bits per heavy atom. The van der Waals surface area contributed by atoms with Gasteiger partial charge in [-0.3, -0.25) is 4.90 Å². The Labute approximate surface area is 142 Å². The monoisotopic (exact) mass is 324 g/mol. The van der Waals surface area contributed by atoms with Crippen molar-refractivity contribution in [2.75, 3.05) is 7.05 Å². The molecule has 1 aliphatic rings. The van der Waals surface area contributed by atoms with Crippen molar-refractivity contribution in [1.29, 1.82) is 0 Å². The van der Waals surface area contributed by atoms with Crippen LogP contribution in [0.4, 0.5) is 0 Å². The van der Waals surface area contributed by atoms with Gasteiger partial charge in [0.05, 0.1) is 0 Å². The molecule has 0 unspecified atom stereocenters. The number of likely N-dealkylation sites (N-methyl/N-ethyl adjacent to an activating group) is 1. The van der Waals surface area contributed by atoms with Gasteiger partial charge in [-0.05, 0) is 49.0 Å². The standard InChI is InChI=1S/C20H21ClN2/c1-22(13-15-5-3-2-4-6-15)19-10-9-18-11-16-7-8-17(21)12-20(16)23(18)14-19/h2-8,11-12,19H,9-10,13-14H2,1H3/t19-/m0/s1. The van der Waals surface area contributed by atoms with E-state index in [-0.39, 0.29) is 0 Å². The molecule has 2 nitrogen and oxygen atoms in total. The largest absolute Gasteiger partial charge is 0.343 e. The van der Waals surface area contributed by atoms with Gasteiger partial charge in [-0.25, -0.2) is 0 Å². The molecule has 1 aliphatic heterocycles. The molecule has 23 heavy (non-hydrogen) atoms. The van der Waals surface area contributed by atoms with Gasteiger partial charge >= 0.3 is 0 Å². The summed E-state index contributed by atoms with van der Waals surface area (Å²) < 4.78 is 2.46. The average Bonchev–Trinajstić information content (AvgIpc) is 2.93. The summed E-state index contributed by atoms with van der Waals surface area (Å²) >= 11 is 6.20. The molecule has 0 saturated carbocycles. The van der Waals surface area contributed by atoms with Gasteiger partial charge in [-0.2, -0.15) is 0 Å². The normalized spacial score (nSPS) is 17.6. The molecule has 3 heteroatoms. The summed E-state index contributed by atoms with van der Waals surface area (Å²) in [4.78, 5) is 2.48. The second-order valence-electron chi connectivity index (χ2n) is 6.54. The lowest BCUT2D eigenvalue weighted by Crippen LogP contribution is -2.38. The summed E-state index contributed by atoms with van der Waals surface area (Å²) in [5, 5.41) is 2.12. The Balaban J connectivity index is 1.58. The minimum absolute atomic E-state index is 0.567. The third-order valence-electron chi connectivity index (χ3n) is 4.98. The smallest absolute Gasteiger partial charge is 0.0497 e. The zero-order chi connectivity index (χ0) is 15.8. The second-order valence-corrected chi connectivity index (χ2v) is 6.98. The van der Waals surface area contributed by atoms with Crippen molar-refractivity contribution in [3.8, 4) is 0 Å². The molecule has 4 rings (SSSR count). The molecule has 1 aromatic heterocycles. The predicted octanol–water partition coefficient (Wildman–Crippen LogP) is 4.74. The molecule has 0 spiro atoms. The van der Waals surface area contributed by atoms with Crippen LogP contribution in [-0.4, -0.2) is 22.6 Å². The first-order valence-corrected chi connectivity index (χ1v) is 8.60. The van der Waals surface area contributed by atoms with Gasteiger partial charge in [-0.15, -0.1) is 0 Å². The van der Waals surface area contributed by atoms with E-state index in [1.54, 1.807) is 0 Å². The highest BCUT2D eigenvalue weighted by atomic mass is 35.5. The number of halogens is 1. The molecule has 0 saturated heterocycles. The van der Waals surface area contributed by atoms with E-state index in [1.807, 2.05) is 6.07 Å². The number of hydrogen-bond donors (Lipinski definition) is 0.